The fraction of sp³-hybridized carbons (Fsp3) is 0.667. The van der Waals surface area contributed by atoms with Crippen LogP contribution in [-0.2, 0) is 17.5 Å². The summed E-state index contributed by atoms with van der Waals surface area (Å²) in [6.45, 7) is 0.825. The molecular weight excluding hydrogens is 305 g/mol. The average molecular weight is 315 g/mol. The minimum atomic E-state index is -4.66. The zero-order chi connectivity index (χ0) is 12.6. The standard InChI is InChI=1S/C9H10BrF3N2O2/c10-7-6(9(11,12)13)8(16)14-15(7)4-5-2-1-3-17-5/h5H,1-4H2,(H,14,16). The van der Waals surface area contributed by atoms with Crippen LogP contribution in [0.2, 0.25) is 0 Å². The molecule has 1 aliphatic rings. The molecule has 2 rings (SSSR count). The Balaban J connectivity index is 2.27. The van der Waals surface area contributed by atoms with Gasteiger partial charge in [0.1, 0.15) is 4.60 Å². The smallest absolute Gasteiger partial charge is 0.376 e. The molecule has 1 unspecified atom stereocenters. The summed E-state index contributed by atoms with van der Waals surface area (Å²) in [5.74, 6) is 0. The fourth-order valence-electron chi connectivity index (χ4n) is 1.82. The van der Waals surface area contributed by atoms with Crippen LogP contribution in [0.1, 0.15) is 18.4 Å². The molecule has 1 aliphatic heterocycles. The topological polar surface area (TPSA) is 47.0 Å². The zero-order valence-corrected chi connectivity index (χ0v) is 10.3. The summed E-state index contributed by atoms with van der Waals surface area (Å²) >= 11 is 2.80. The van der Waals surface area contributed by atoms with Gasteiger partial charge < -0.3 is 4.74 Å². The second-order valence-electron chi connectivity index (χ2n) is 3.85. The van der Waals surface area contributed by atoms with Crippen LogP contribution in [0.3, 0.4) is 0 Å². The molecule has 1 saturated heterocycles. The molecule has 1 aromatic rings. The molecule has 2 heterocycles. The number of alkyl halides is 3. The van der Waals surface area contributed by atoms with Crippen LogP contribution in [0.25, 0.3) is 0 Å². The Bertz CT molecular complexity index is 460. The normalized spacial score (nSPS) is 21.1. The van der Waals surface area contributed by atoms with Crippen LogP contribution < -0.4 is 5.56 Å². The third-order valence-corrected chi connectivity index (χ3v) is 3.43. The van der Waals surface area contributed by atoms with Crippen LogP contribution in [0, 0.1) is 0 Å². The Labute approximate surface area is 103 Å². The number of nitrogens with zero attached hydrogens (tertiary/aromatic N) is 1. The molecule has 4 nitrogen and oxygen atoms in total. The summed E-state index contributed by atoms with van der Waals surface area (Å²) in [6.07, 6.45) is -3.13. The largest absolute Gasteiger partial charge is 0.424 e. The van der Waals surface area contributed by atoms with Crippen LogP contribution in [0.5, 0.6) is 0 Å². The average Bonchev–Trinajstić information content (AvgIpc) is 2.75. The van der Waals surface area contributed by atoms with Crippen molar-refractivity contribution in [3.05, 3.63) is 20.5 Å². The quantitative estimate of drug-likeness (QED) is 0.909. The number of aromatic nitrogens is 2. The highest BCUT2D eigenvalue weighted by Crippen LogP contribution is 2.32. The summed E-state index contributed by atoms with van der Waals surface area (Å²) < 4.78 is 43.8. The number of halogens is 4. The van der Waals surface area contributed by atoms with Gasteiger partial charge in [0.2, 0.25) is 0 Å². The molecule has 1 N–H and O–H groups in total. The number of nitrogens with one attached hydrogen (secondary N) is 1. The number of hydrogen-bond acceptors (Lipinski definition) is 2. The van der Waals surface area contributed by atoms with E-state index in [1.807, 2.05) is 0 Å². The van der Waals surface area contributed by atoms with Crippen molar-refractivity contribution in [2.45, 2.75) is 31.7 Å². The molecule has 0 radical (unpaired) electrons. The molecular formula is C9H10BrF3N2O2. The monoisotopic (exact) mass is 314 g/mol. The number of hydrogen-bond donors (Lipinski definition) is 1. The van der Waals surface area contributed by atoms with E-state index in [9.17, 15) is 18.0 Å². The Morgan fingerprint density at radius 3 is 2.71 bits per heavy atom. The van der Waals surface area contributed by atoms with E-state index in [2.05, 4.69) is 21.0 Å². The molecule has 1 aromatic heterocycles. The van der Waals surface area contributed by atoms with Crippen molar-refractivity contribution >= 4 is 15.9 Å². The predicted octanol–water partition coefficient (Wildman–Crippen LogP) is 2.14. The number of H-pyrrole nitrogens is 1. The maximum Gasteiger partial charge on any atom is 0.424 e. The first kappa shape index (κ1) is 12.7. The van der Waals surface area contributed by atoms with Crippen molar-refractivity contribution < 1.29 is 17.9 Å². The minimum Gasteiger partial charge on any atom is -0.376 e. The fourth-order valence-corrected chi connectivity index (χ4v) is 2.46. The van der Waals surface area contributed by atoms with Crippen molar-refractivity contribution in [2.24, 2.45) is 0 Å². The molecule has 1 fully saturated rings. The first-order valence-electron chi connectivity index (χ1n) is 5.06. The van der Waals surface area contributed by atoms with Crippen molar-refractivity contribution in [3.8, 4) is 0 Å². The molecule has 96 valence electrons. The number of ether oxygens (including phenoxy) is 1. The van der Waals surface area contributed by atoms with Gasteiger partial charge in [0.05, 0.1) is 12.6 Å². The minimum absolute atomic E-state index is 0.143. The molecule has 1 atom stereocenters. The summed E-state index contributed by atoms with van der Waals surface area (Å²) in [5.41, 5.74) is -2.34. The molecule has 0 bridgehead atoms. The highest BCUT2D eigenvalue weighted by molar-refractivity contribution is 9.10. The first-order valence-corrected chi connectivity index (χ1v) is 5.86. The Kier molecular flexibility index (Phi) is 3.35. The zero-order valence-electron chi connectivity index (χ0n) is 8.68. The summed E-state index contributed by atoms with van der Waals surface area (Å²) in [7, 11) is 0. The van der Waals surface area contributed by atoms with Crippen molar-refractivity contribution in [3.63, 3.8) is 0 Å². The predicted molar refractivity (Wildman–Crippen MR) is 56.7 cm³/mol. The van der Waals surface area contributed by atoms with E-state index in [0.717, 1.165) is 17.5 Å². The number of rotatable bonds is 2. The molecule has 0 saturated carbocycles. The van der Waals surface area contributed by atoms with Crippen LogP contribution >= 0.6 is 15.9 Å². The van der Waals surface area contributed by atoms with Gasteiger partial charge in [-0.25, -0.2) is 0 Å². The third kappa shape index (κ3) is 2.57. The Morgan fingerprint density at radius 1 is 1.53 bits per heavy atom. The van der Waals surface area contributed by atoms with Gasteiger partial charge in [-0.2, -0.15) is 13.2 Å². The SMILES string of the molecule is O=c1[nH]n(CC2CCCO2)c(Br)c1C(F)(F)F. The van der Waals surface area contributed by atoms with Crippen LogP contribution in [0.4, 0.5) is 13.2 Å². The lowest BCUT2D eigenvalue weighted by Gasteiger charge is -2.11. The third-order valence-electron chi connectivity index (χ3n) is 2.60. The van der Waals surface area contributed by atoms with Gasteiger partial charge >= 0.3 is 6.18 Å². The Hall–Kier alpha value is -0.760. The molecule has 0 amide bonds. The van der Waals surface area contributed by atoms with Crippen molar-refractivity contribution in [2.75, 3.05) is 6.61 Å². The first-order chi connectivity index (χ1) is 7.89. The highest BCUT2D eigenvalue weighted by Gasteiger charge is 2.39. The lowest BCUT2D eigenvalue weighted by Crippen LogP contribution is -2.18. The van der Waals surface area contributed by atoms with E-state index >= 15 is 0 Å². The second kappa shape index (κ2) is 4.49. The molecule has 0 aliphatic carbocycles. The van der Waals surface area contributed by atoms with Gasteiger partial charge in [-0.15, -0.1) is 0 Å². The van der Waals surface area contributed by atoms with Crippen molar-refractivity contribution in [1.82, 2.24) is 9.78 Å². The number of aromatic amines is 1. The van der Waals surface area contributed by atoms with Crippen LogP contribution in [0.15, 0.2) is 9.40 Å². The molecule has 0 aromatic carbocycles. The van der Waals surface area contributed by atoms with Gasteiger partial charge in [-0.3, -0.25) is 14.6 Å². The lowest BCUT2D eigenvalue weighted by molar-refractivity contribution is -0.139. The highest BCUT2D eigenvalue weighted by atomic mass is 79.9. The summed E-state index contributed by atoms with van der Waals surface area (Å²) in [5, 5.41) is 2.16. The van der Waals surface area contributed by atoms with E-state index < -0.39 is 17.3 Å². The van der Waals surface area contributed by atoms with E-state index in [-0.39, 0.29) is 17.3 Å². The van der Waals surface area contributed by atoms with Gasteiger partial charge in [0, 0.05) is 6.61 Å². The summed E-state index contributed by atoms with van der Waals surface area (Å²) in [6, 6.07) is 0. The maximum atomic E-state index is 12.5. The van der Waals surface area contributed by atoms with Gasteiger partial charge in [0.15, 0.2) is 5.56 Å². The van der Waals surface area contributed by atoms with Gasteiger partial charge in [-0.1, -0.05) is 0 Å². The lowest BCUT2D eigenvalue weighted by atomic mass is 10.2. The Morgan fingerprint density at radius 2 is 2.24 bits per heavy atom. The van der Waals surface area contributed by atoms with E-state index in [4.69, 9.17) is 4.74 Å². The molecule has 8 heteroatoms. The van der Waals surface area contributed by atoms with Gasteiger partial charge in [-0.05, 0) is 28.8 Å². The molecule has 0 spiro atoms. The van der Waals surface area contributed by atoms with Crippen molar-refractivity contribution in [1.29, 1.82) is 0 Å². The van der Waals surface area contributed by atoms with E-state index in [0.29, 0.717) is 6.61 Å². The molecule has 17 heavy (non-hydrogen) atoms. The maximum absolute atomic E-state index is 12.5. The summed E-state index contributed by atoms with van der Waals surface area (Å²) in [4.78, 5) is 11.2. The van der Waals surface area contributed by atoms with Crippen LogP contribution in [-0.4, -0.2) is 22.5 Å². The van der Waals surface area contributed by atoms with E-state index in [1.165, 1.54) is 0 Å². The van der Waals surface area contributed by atoms with Gasteiger partial charge in [0.25, 0.3) is 5.56 Å². The van der Waals surface area contributed by atoms with E-state index in [1.54, 1.807) is 0 Å². The second-order valence-corrected chi connectivity index (χ2v) is 4.60.